The first-order valence-electron chi connectivity index (χ1n) is 6.07. The van der Waals surface area contributed by atoms with E-state index in [0.29, 0.717) is 19.5 Å². The Hall–Kier alpha value is -1.26. The van der Waals surface area contributed by atoms with Crippen molar-refractivity contribution in [3.63, 3.8) is 0 Å². The summed E-state index contributed by atoms with van der Waals surface area (Å²) in [5.41, 5.74) is 8.67. The van der Waals surface area contributed by atoms with E-state index in [2.05, 4.69) is 12.1 Å². The third-order valence-electron chi connectivity index (χ3n) is 2.93. The summed E-state index contributed by atoms with van der Waals surface area (Å²) in [7, 11) is 3.47. The molecule has 0 aromatic heterocycles. The van der Waals surface area contributed by atoms with Crippen molar-refractivity contribution in [1.29, 1.82) is 0 Å². The second-order valence-electron chi connectivity index (χ2n) is 4.55. The molecule has 4 nitrogen and oxygen atoms in total. The van der Waals surface area contributed by atoms with Gasteiger partial charge in [-0.3, -0.25) is 4.79 Å². The highest BCUT2D eigenvalue weighted by Crippen LogP contribution is 2.24. The lowest BCUT2D eigenvalue weighted by Crippen LogP contribution is -2.28. The Balaban J connectivity index is 0.00000324. The van der Waals surface area contributed by atoms with Crippen molar-refractivity contribution < 1.29 is 9.53 Å². The predicted molar refractivity (Wildman–Crippen MR) is 79.9 cm³/mol. The molecule has 0 bridgehead atoms. The third-order valence-corrected chi connectivity index (χ3v) is 2.93. The van der Waals surface area contributed by atoms with Crippen molar-refractivity contribution in [2.24, 2.45) is 5.73 Å². The van der Waals surface area contributed by atoms with Gasteiger partial charge in [0, 0.05) is 26.6 Å². The zero-order chi connectivity index (χ0) is 13.7. The zero-order valence-corrected chi connectivity index (χ0v) is 12.8. The molecule has 1 aromatic carbocycles. The Morgan fingerprint density at radius 1 is 1.32 bits per heavy atom. The van der Waals surface area contributed by atoms with Crippen molar-refractivity contribution in [3.8, 4) is 5.75 Å². The van der Waals surface area contributed by atoms with Crippen LogP contribution in [0.25, 0.3) is 0 Å². The molecule has 19 heavy (non-hydrogen) atoms. The molecule has 0 aliphatic heterocycles. The van der Waals surface area contributed by atoms with Gasteiger partial charge in [0.15, 0.2) is 0 Å². The first-order chi connectivity index (χ1) is 8.49. The summed E-state index contributed by atoms with van der Waals surface area (Å²) in [6.07, 6.45) is 0.393. The fraction of sp³-hybridized carbons (Fsp3) is 0.500. The van der Waals surface area contributed by atoms with Crippen LogP contribution in [0.2, 0.25) is 0 Å². The van der Waals surface area contributed by atoms with Crippen LogP contribution in [-0.2, 0) is 11.3 Å². The lowest BCUT2D eigenvalue weighted by Gasteiger charge is -2.18. The Kier molecular flexibility index (Phi) is 7.49. The average Bonchev–Trinajstić information content (AvgIpc) is 2.28. The van der Waals surface area contributed by atoms with Gasteiger partial charge >= 0.3 is 0 Å². The first-order valence-corrected chi connectivity index (χ1v) is 6.07. The van der Waals surface area contributed by atoms with E-state index in [1.54, 1.807) is 19.1 Å². The Morgan fingerprint density at radius 3 is 2.26 bits per heavy atom. The smallest absolute Gasteiger partial charge is 0.223 e. The number of nitrogens with zero attached hydrogens (tertiary/aromatic N) is 1. The van der Waals surface area contributed by atoms with Gasteiger partial charge in [-0.1, -0.05) is 12.1 Å². The third kappa shape index (κ3) is 4.73. The average molecular weight is 287 g/mol. The van der Waals surface area contributed by atoms with Crippen LogP contribution >= 0.6 is 12.4 Å². The van der Waals surface area contributed by atoms with Crippen molar-refractivity contribution in [2.75, 3.05) is 20.7 Å². The molecule has 0 atom stereocenters. The maximum absolute atomic E-state index is 11.7. The summed E-state index contributed by atoms with van der Waals surface area (Å²) in [6.45, 7) is 5.02. The summed E-state index contributed by atoms with van der Waals surface area (Å²) >= 11 is 0. The van der Waals surface area contributed by atoms with E-state index in [1.807, 2.05) is 13.8 Å². The number of carbonyl (C=O) groups excluding carboxylic acids is 1. The molecule has 0 unspecified atom stereocenters. The number of benzene rings is 1. The summed E-state index contributed by atoms with van der Waals surface area (Å²) in [6, 6.07) is 4.11. The lowest BCUT2D eigenvalue weighted by molar-refractivity contribution is -0.130. The second-order valence-corrected chi connectivity index (χ2v) is 4.55. The van der Waals surface area contributed by atoms with Gasteiger partial charge in [0.2, 0.25) is 5.91 Å². The number of hydrogen-bond acceptors (Lipinski definition) is 3. The molecular formula is C14H23ClN2O2. The molecule has 0 heterocycles. The molecule has 0 saturated carbocycles. The number of nitrogens with two attached hydrogens (primary N) is 1. The Bertz CT molecular complexity index is 412. The standard InChI is InChI=1S/C14H22N2O2.ClH/c1-10-7-12(8-11(2)14(10)18-4)9-16(3)13(17)5-6-15;/h7-8H,5-6,9,15H2,1-4H3;1H. The maximum atomic E-state index is 11.7. The summed E-state index contributed by atoms with van der Waals surface area (Å²) in [5.74, 6) is 0.985. The van der Waals surface area contributed by atoms with Gasteiger partial charge in [0.25, 0.3) is 0 Å². The minimum Gasteiger partial charge on any atom is -0.496 e. The van der Waals surface area contributed by atoms with Crippen LogP contribution in [0.5, 0.6) is 5.75 Å². The highest BCUT2D eigenvalue weighted by Gasteiger charge is 2.10. The number of rotatable bonds is 5. The predicted octanol–water partition coefficient (Wildman–Crippen LogP) is 2.04. The number of ether oxygens (including phenoxy) is 1. The van der Waals surface area contributed by atoms with Gasteiger partial charge in [-0.15, -0.1) is 12.4 Å². The monoisotopic (exact) mass is 286 g/mol. The van der Waals surface area contributed by atoms with E-state index < -0.39 is 0 Å². The van der Waals surface area contributed by atoms with Gasteiger partial charge in [-0.25, -0.2) is 0 Å². The van der Waals surface area contributed by atoms with Crippen LogP contribution < -0.4 is 10.5 Å². The molecule has 1 amide bonds. The van der Waals surface area contributed by atoms with Crippen molar-refractivity contribution in [2.45, 2.75) is 26.8 Å². The SMILES string of the molecule is COc1c(C)cc(CN(C)C(=O)CCN)cc1C.Cl. The molecule has 2 N–H and O–H groups in total. The van der Waals surface area contributed by atoms with Crippen molar-refractivity contribution >= 4 is 18.3 Å². The normalized spacial score (nSPS) is 9.74. The van der Waals surface area contributed by atoms with E-state index in [4.69, 9.17) is 10.5 Å². The zero-order valence-electron chi connectivity index (χ0n) is 12.0. The van der Waals surface area contributed by atoms with Gasteiger partial charge in [0.05, 0.1) is 7.11 Å². The summed E-state index contributed by atoms with van der Waals surface area (Å²) in [5, 5.41) is 0. The number of halogens is 1. The number of methoxy groups -OCH3 is 1. The van der Waals surface area contributed by atoms with Crippen LogP contribution in [0.1, 0.15) is 23.1 Å². The van der Waals surface area contributed by atoms with E-state index >= 15 is 0 Å². The molecule has 0 radical (unpaired) electrons. The van der Waals surface area contributed by atoms with E-state index in [0.717, 1.165) is 22.4 Å². The Labute approximate surface area is 121 Å². The van der Waals surface area contributed by atoms with Gasteiger partial charge in [-0.05, 0) is 30.5 Å². The molecule has 0 fully saturated rings. The molecule has 1 aromatic rings. The lowest BCUT2D eigenvalue weighted by atomic mass is 10.1. The minimum atomic E-state index is 0. The van der Waals surface area contributed by atoms with Crippen molar-refractivity contribution in [1.82, 2.24) is 4.90 Å². The molecule has 0 spiro atoms. The first kappa shape index (κ1) is 17.7. The quantitative estimate of drug-likeness (QED) is 0.901. The maximum Gasteiger partial charge on any atom is 0.223 e. The number of hydrogen-bond donors (Lipinski definition) is 1. The highest BCUT2D eigenvalue weighted by atomic mass is 35.5. The largest absolute Gasteiger partial charge is 0.496 e. The van der Waals surface area contributed by atoms with Crippen molar-refractivity contribution in [3.05, 3.63) is 28.8 Å². The topological polar surface area (TPSA) is 55.6 Å². The summed E-state index contributed by atoms with van der Waals surface area (Å²) in [4.78, 5) is 13.4. The molecule has 1 rings (SSSR count). The Morgan fingerprint density at radius 2 is 1.84 bits per heavy atom. The van der Waals surface area contributed by atoms with E-state index in [9.17, 15) is 4.79 Å². The van der Waals surface area contributed by atoms with Crippen LogP contribution in [0, 0.1) is 13.8 Å². The summed E-state index contributed by atoms with van der Waals surface area (Å²) < 4.78 is 5.32. The second kappa shape index (κ2) is 8.02. The number of amides is 1. The van der Waals surface area contributed by atoms with Crippen LogP contribution in [-0.4, -0.2) is 31.5 Å². The minimum absolute atomic E-state index is 0. The van der Waals surface area contributed by atoms with Gasteiger partial charge < -0.3 is 15.4 Å². The number of carbonyl (C=O) groups is 1. The van der Waals surface area contributed by atoms with E-state index in [-0.39, 0.29) is 18.3 Å². The van der Waals surface area contributed by atoms with E-state index in [1.165, 1.54) is 0 Å². The molecule has 0 saturated heterocycles. The number of aryl methyl sites for hydroxylation is 2. The fourth-order valence-electron chi connectivity index (χ4n) is 2.13. The van der Waals surface area contributed by atoms with Crippen LogP contribution in [0.15, 0.2) is 12.1 Å². The fourth-order valence-corrected chi connectivity index (χ4v) is 2.13. The molecular weight excluding hydrogens is 264 g/mol. The molecule has 0 aliphatic carbocycles. The van der Waals surface area contributed by atoms with Crippen LogP contribution in [0.3, 0.4) is 0 Å². The highest BCUT2D eigenvalue weighted by molar-refractivity contribution is 5.85. The molecule has 5 heteroatoms. The van der Waals surface area contributed by atoms with Gasteiger partial charge in [0.1, 0.15) is 5.75 Å². The molecule has 108 valence electrons. The van der Waals surface area contributed by atoms with Crippen LogP contribution in [0.4, 0.5) is 0 Å². The molecule has 0 aliphatic rings. The van der Waals surface area contributed by atoms with Gasteiger partial charge in [-0.2, -0.15) is 0 Å².